The fraction of sp³-hybridized carbons (Fsp3) is 0.500. The van der Waals surface area contributed by atoms with Gasteiger partial charge in [0.25, 0.3) is 5.91 Å². The molecule has 8 nitrogen and oxygen atoms in total. The molecule has 2 saturated heterocycles. The van der Waals surface area contributed by atoms with Crippen LogP contribution in [0.4, 0.5) is 4.39 Å². The summed E-state index contributed by atoms with van der Waals surface area (Å²) in [7, 11) is 1.83. The molecule has 1 unspecified atom stereocenters. The van der Waals surface area contributed by atoms with Gasteiger partial charge in [0.15, 0.2) is 0 Å². The van der Waals surface area contributed by atoms with E-state index in [1.807, 2.05) is 16.8 Å². The summed E-state index contributed by atoms with van der Waals surface area (Å²) in [6.07, 6.45) is 6.70. The third-order valence-electron chi connectivity index (χ3n) is 7.00. The molecule has 1 aromatic heterocycles. The van der Waals surface area contributed by atoms with Crippen LogP contribution in [0.15, 0.2) is 30.1 Å². The Morgan fingerprint density at radius 1 is 1.15 bits per heavy atom. The predicted molar refractivity (Wildman–Crippen MR) is 119 cm³/mol. The van der Waals surface area contributed by atoms with Gasteiger partial charge in [-0.15, -0.1) is 10.2 Å². The fourth-order valence-electron chi connectivity index (χ4n) is 4.95. The Labute approximate surface area is 192 Å². The van der Waals surface area contributed by atoms with Crippen LogP contribution < -0.4 is 4.74 Å². The molecule has 3 aliphatic heterocycles. The van der Waals surface area contributed by atoms with Crippen molar-refractivity contribution < 1.29 is 18.7 Å². The first-order valence-electron chi connectivity index (χ1n) is 11.5. The van der Waals surface area contributed by atoms with E-state index in [9.17, 15) is 14.0 Å². The average molecular weight is 454 g/mol. The van der Waals surface area contributed by atoms with Gasteiger partial charge < -0.3 is 19.1 Å². The van der Waals surface area contributed by atoms with Crippen LogP contribution in [0.5, 0.6) is 5.75 Å². The van der Waals surface area contributed by atoms with Crippen molar-refractivity contribution in [2.45, 2.75) is 25.7 Å². The zero-order valence-corrected chi connectivity index (χ0v) is 18.7. The van der Waals surface area contributed by atoms with Crippen LogP contribution in [-0.2, 0) is 23.1 Å². The summed E-state index contributed by atoms with van der Waals surface area (Å²) in [5, 5.41) is 7.83. The zero-order chi connectivity index (χ0) is 22.9. The summed E-state index contributed by atoms with van der Waals surface area (Å²) >= 11 is 0. The normalized spacial score (nSPS) is 20.9. The topological polar surface area (TPSA) is 80.6 Å². The number of aryl methyl sites for hydroxylation is 1. The van der Waals surface area contributed by atoms with Gasteiger partial charge in [-0.1, -0.05) is 6.42 Å². The molecular weight excluding hydrogens is 425 g/mol. The molecule has 3 aliphatic rings. The first-order valence-corrected chi connectivity index (χ1v) is 11.5. The van der Waals surface area contributed by atoms with Crippen molar-refractivity contribution in [3.05, 3.63) is 47.3 Å². The van der Waals surface area contributed by atoms with Crippen molar-refractivity contribution in [1.82, 2.24) is 24.6 Å². The van der Waals surface area contributed by atoms with Gasteiger partial charge in [-0.3, -0.25) is 9.59 Å². The molecule has 1 atom stereocenters. The van der Waals surface area contributed by atoms with E-state index in [0.717, 1.165) is 32.4 Å². The van der Waals surface area contributed by atoms with E-state index in [4.69, 9.17) is 4.74 Å². The Kier molecular flexibility index (Phi) is 5.86. The predicted octanol–water partition coefficient (Wildman–Crippen LogP) is 2.06. The third-order valence-corrected chi connectivity index (χ3v) is 7.00. The highest BCUT2D eigenvalue weighted by Crippen LogP contribution is 2.32. The van der Waals surface area contributed by atoms with E-state index < -0.39 is 0 Å². The molecule has 2 aromatic rings. The molecule has 1 aromatic carbocycles. The summed E-state index contributed by atoms with van der Waals surface area (Å²) in [6, 6.07) is 4.35. The lowest BCUT2D eigenvalue weighted by Gasteiger charge is -2.44. The van der Waals surface area contributed by atoms with Crippen molar-refractivity contribution in [2.24, 2.45) is 18.9 Å². The number of halogens is 1. The molecule has 2 amide bonds. The van der Waals surface area contributed by atoms with Gasteiger partial charge in [0.1, 0.15) is 30.3 Å². The van der Waals surface area contributed by atoms with Crippen LogP contribution in [0.1, 0.15) is 30.7 Å². The van der Waals surface area contributed by atoms with Crippen LogP contribution >= 0.6 is 0 Å². The lowest BCUT2D eigenvalue weighted by Crippen LogP contribution is -2.55. The molecule has 0 saturated carbocycles. The average Bonchev–Trinajstić information content (AvgIpc) is 3.02. The number of amides is 2. The van der Waals surface area contributed by atoms with Gasteiger partial charge in [-0.05, 0) is 49.0 Å². The van der Waals surface area contributed by atoms with Gasteiger partial charge >= 0.3 is 0 Å². The molecule has 5 rings (SSSR count). The monoisotopic (exact) mass is 453 g/mol. The Hall–Kier alpha value is -3.23. The minimum absolute atomic E-state index is 0.0358. The lowest BCUT2D eigenvalue weighted by molar-refractivity contribution is -0.139. The summed E-state index contributed by atoms with van der Waals surface area (Å²) in [5.41, 5.74) is 1.16. The summed E-state index contributed by atoms with van der Waals surface area (Å²) < 4.78 is 21.1. The number of ether oxygens (including phenoxy) is 1. The number of carbonyl (C=O) groups is 2. The minimum atomic E-state index is -0.347. The van der Waals surface area contributed by atoms with Crippen LogP contribution in [0.25, 0.3) is 6.08 Å². The molecule has 0 bridgehead atoms. The maximum atomic E-state index is 13.6. The summed E-state index contributed by atoms with van der Waals surface area (Å²) in [4.78, 5) is 29.6. The maximum absolute atomic E-state index is 13.6. The molecule has 2 fully saturated rings. The molecule has 33 heavy (non-hydrogen) atoms. The quantitative estimate of drug-likeness (QED) is 0.708. The van der Waals surface area contributed by atoms with E-state index >= 15 is 0 Å². The number of likely N-dealkylation sites (tertiary alicyclic amines) is 2. The largest absolute Gasteiger partial charge is 0.488 e. The van der Waals surface area contributed by atoms with Crippen molar-refractivity contribution in [2.75, 3.05) is 32.8 Å². The zero-order valence-electron chi connectivity index (χ0n) is 18.7. The summed E-state index contributed by atoms with van der Waals surface area (Å²) in [5.74, 6) is 1.71. The van der Waals surface area contributed by atoms with Crippen molar-refractivity contribution in [3.8, 4) is 5.75 Å². The Morgan fingerprint density at radius 3 is 2.76 bits per heavy atom. The molecule has 0 radical (unpaired) electrons. The lowest BCUT2D eigenvalue weighted by atomic mass is 9.82. The molecule has 0 aliphatic carbocycles. The third kappa shape index (κ3) is 4.49. The van der Waals surface area contributed by atoms with E-state index in [0.29, 0.717) is 47.6 Å². The molecule has 4 heterocycles. The van der Waals surface area contributed by atoms with Crippen molar-refractivity contribution >= 4 is 17.9 Å². The highest BCUT2D eigenvalue weighted by molar-refractivity contribution is 5.99. The van der Waals surface area contributed by atoms with Crippen LogP contribution in [-0.4, -0.2) is 69.2 Å². The second-order valence-corrected chi connectivity index (χ2v) is 9.24. The Balaban J connectivity index is 1.20. The number of rotatable bonds is 4. The molecule has 0 N–H and O–H groups in total. The number of nitrogens with zero attached hydrogens (tertiary/aromatic N) is 5. The van der Waals surface area contributed by atoms with Gasteiger partial charge in [0, 0.05) is 38.8 Å². The van der Waals surface area contributed by atoms with Crippen LogP contribution in [0, 0.1) is 17.7 Å². The van der Waals surface area contributed by atoms with E-state index in [-0.39, 0.29) is 30.7 Å². The van der Waals surface area contributed by atoms with Crippen molar-refractivity contribution in [3.63, 3.8) is 0 Å². The van der Waals surface area contributed by atoms with E-state index in [1.54, 1.807) is 23.0 Å². The molecule has 174 valence electrons. The number of aromatic nitrogens is 3. The number of hydrogen-bond acceptors (Lipinski definition) is 5. The number of carbonyl (C=O) groups excluding carboxylic acids is 2. The highest BCUT2D eigenvalue weighted by Gasteiger charge is 2.38. The van der Waals surface area contributed by atoms with Crippen LogP contribution in [0.3, 0.4) is 0 Å². The molecule has 9 heteroatoms. The minimum Gasteiger partial charge on any atom is -0.488 e. The number of hydrogen-bond donors (Lipinski definition) is 0. The SMILES string of the molecule is Cn1cnnc1CC(=O)N1CC(C2CCCCN(C(=O)C3=Cc4cc(F)ccc4OC3)C2)C1. The number of fused-ring (bicyclic) bond motifs is 1. The molecule has 0 spiro atoms. The number of benzene rings is 1. The Bertz CT molecular complexity index is 1090. The van der Waals surface area contributed by atoms with Gasteiger partial charge in [-0.2, -0.15) is 0 Å². The van der Waals surface area contributed by atoms with Gasteiger partial charge in [0.05, 0.1) is 12.0 Å². The highest BCUT2D eigenvalue weighted by atomic mass is 19.1. The van der Waals surface area contributed by atoms with E-state index in [2.05, 4.69) is 10.2 Å². The van der Waals surface area contributed by atoms with E-state index in [1.165, 1.54) is 12.1 Å². The smallest absolute Gasteiger partial charge is 0.253 e. The van der Waals surface area contributed by atoms with Gasteiger partial charge in [0.2, 0.25) is 5.91 Å². The fourth-order valence-corrected chi connectivity index (χ4v) is 4.95. The first-order chi connectivity index (χ1) is 16.0. The van der Waals surface area contributed by atoms with Gasteiger partial charge in [-0.25, -0.2) is 4.39 Å². The Morgan fingerprint density at radius 2 is 1.97 bits per heavy atom. The van der Waals surface area contributed by atoms with Crippen LogP contribution in [0.2, 0.25) is 0 Å². The molecular formula is C24H28FN5O3. The first kappa shape index (κ1) is 21.6. The second kappa shape index (κ2) is 8.96. The van der Waals surface area contributed by atoms with Crippen molar-refractivity contribution in [1.29, 1.82) is 0 Å². The summed E-state index contributed by atoms with van der Waals surface area (Å²) in [6.45, 7) is 3.04. The maximum Gasteiger partial charge on any atom is 0.253 e. The standard InChI is InChI=1S/C24H28FN5O3/c1-28-15-26-27-22(28)10-23(31)30-12-19(13-30)16-4-2-3-7-29(11-16)24(32)18-8-17-9-20(25)5-6-21(17)33-14-18/h5-6,8-9,15-16,19H,2-4,7,10-14H2,1H3. The second-order valence-electron chi connectivity index (χ2n) is 9.24.